The first kappa shape index (κ1) is 21.8. The smallest absolute Gasteiger partial charge is 0.387 e. The molecular weight excluding hydrogens is 396 g/mol. The molecule has 29 heavy (non-hydrogen) atoms. The molecule has 0 aromatic heterocycles. The lowest BCUT2D eigenvalue weighted by Crippen LogP contribution is -2.54. The number of halogens is 2. The van der Waals surface area contributed by atoms with Crippen molar-refractivity contribution in [3.05, 3.63) is 18.2 Å². The third-order valence-corrected chi connectivity index (χ3v) is 3.79. The Balaban J connectivity index is 2.28. The zero-order valence-electron chi connectivity index (χ0n) is 15.2. The molecule has 1 aliphatic heterocycles. The van der Waals surface area contributed by atoms with E-state index in [4.69, 9.17) is 10.5 Å². The molecule has 13 heteroatoms. The van der Waals surface area contributed by atoms with Crippen molar-refractivity contribution >= 4 is 35.1 Å². The van der Waals surface area contributed by atoms with E-state index in [1.807, 2.05) is 5.32 Å². The SMILES string of the molecule is CNC(=O)N[C@@H](C(N)=O)C(=O)Nc1ccc(N2CCOCC2=O)cc1OC(F)F. The number of carbonyl (C=O) groups is 4. The van der Waals surface area contributed by atoms with Crippen LogP contribution in [0.25, 0.3) is 0 Å². The Labute approximate surface area is 163 Å². The predicted molar refractivity (Wildman–Crippen MR) is 95.4 cm³/mol. The number of nitrogens with zero attached hydrogens (tertiary/aromatic N) is 1. The molecule has 0 saturated carbocycles. The molecule has 1 fully saturated rings. The van der Waals surface area contributed by atoms with E-state index in [-0.39, 0.29) is 37.0 Å². The largest absolute Gasteiger partial charge is 0.433 e. The molecule has 1 saturated heterocycles. The summed E-state index contributed by atoms with van der Waals surface area (Å²) in [5.41, 5.74) is 5.13. The van der Waals surface area contributed by atoms with Crippen molar-refractivity contribution < 1.29 is 37.4 Å². The van der Waals surface area contributed by atoms with Gasteiger partial charge in [0.15, 0.2) is 11.8 Å². The van der Waals surface area contributed by atoms with Gasteiger partial charge in [-0.2, -0.15) is 8.78 Å². The normalized spacial score (nSPS) is 14.9. The molecular formula is C16H19F2N5O6. The molecule has 5 N–H and O–H groups in total. The predicted octanol–water partition coefficient (Wildman–Crippen LogP) is -0.627. The first-order valence-electron chi connectivity index (χ1n) is 8.28. The number of nitrogens with two attached hydrogens (primary N) is 1. The minimum Gasteiger partial charge on any atom is -0.433 e. The molecule has 1 aromatic carbocycles. The summed E-state index contributed by atoms with van der Waals surface area (Å²) in [7, 11) is 1.26. The van der Waals surface area contributed by atoms with E-state index in [0.29, 0.717) is 0 Å². The van der Waals surface area contributed by atoms with Crippen molar-refractivity contribution in [3.63, 3.8) is 0 Å². The lowest BCUT2D eigenvalue weighted by atomic mass is 10.2. The van der Waals surface area contributed by atoms with Crippen molar-refractivity contribution in [1.82, 2.24) is 10.6 Å². The van der Waals surface area contributed by atoms with Crippen molar-refractivity contribution in [2.24, 2.45) is 5.73 Å². The topological polar surface area (TPSA) is 152 Å². The second-order valence-electron chi connectivity index (χ2n) is 5.71. The summed E-state index contributed by atoms with van der Waals surface area (Å²) in [5.74, 6) is -3.07. The standard InChI is InChI=1S/C16H19F2N5O6/c1-20-16(27)22-12(13(19)25)14(26)21-9-3-2-8(6-10(9)29-15(17)18)23-4-5-28-7-11(23)24/h2-3,6,12,15H,4-5,7H2,1H3,(H2,19,25)(H,21,26)(H2,20,22,27)/t12-/m0/s1. The summed E-state index contributed by atoms with van der Waals surface area (Å²) >= 11 is 0. The van der Waals surface area contributed by atoms with Gasteiger partial charge in [0.25, 0.3) is 11.8 Å². The van der Waals surface area contributed by atoms with Crippen LogP contribution in [0.4, 0.5) is 25.0 Å². The van der Waals surface area contributed by atoms with Gasteiger partial charge in [-0.05, 0) is 12.1 Å². The van der Waals surface area contributed by atoms with E-state index < -0.39 is 36.2 Å². The number of primary amides is 1. The second-order valence-corrected chi connectivity index (χ2v) is 5.71. The highest BCUT2D eigenvalue weighted by molar-refractivity contribution is 6.11. The summed E-state index contributed by atoms with van der Waals surface area (Å²) in [6.45, 7) is -2.91. The van der Waals surface area contributed by atoms with Crippen LogP contribution in [0.3, 0.4) is 0 Å². The average molecular weight is 415 g/mol. The van der Waals surface area contributed by atoms with Crippen LogP contribution in [0.15, 0.2) is 18.2 Å². The molecule has 2 rings (SSSR count). The van der Waals surface area contributed by atoms with Gasteiger partial charge in [0, 0.05) is 25.3 Å². The Bertz CT molecular complexity index is 806. The molecule has 0 radical (unpaired) electrons. The van der Waals surface area contributed by atoms with Gasteiger partial charge in [0.05, 0.1) is 12.3 Å². The van der Waals surface area contributed by atoms with Gasteiger partial charge in [0.2, 0.25) is 5.91 Å². The molecule has 0 spiro atoms. The summed E-state index contributed by atoms with van der Waals surface area (Å²) in [5, 5.41) is 6.37. The van der Waals surface area contributed by atoms with E-state index in [1.165, 1.54) is 24.1 Å². The number of nitrogens with one attached hydrogen (secondary N) is 3. The molecule has 1 atom stereocenters. The Kier molecular flexibility index (Phi) is 7.25. The minimum atomic E-state index is -3.22. The second kappa shape index (κ2) is 9.64. The number of morpholine rings is 1. The molecule has 0 bridgehead atoms. The van der Waals surface area contributed by atoms with E-state index >= 15 is 0 Å². The molecule has 158 valence electrons. The number of carbonyl (C=O) groups excluding carboxylic acids is 4. The van der Waals surface area contributed by atoms with Crippen LogP contribution in [0, 0.1) is 0 Å². The zero-order chi connectivity index (χ0) is 21.6. The number of hydrogen-bond acceptors (Lipinski definition) is 6. The monoisotopic (exact) mass is 415 g/mol. The lowest BCUT2D eigenvalue weighted by Gasteiger charge is -2.27. The molecule has 0 unspecified atom stereocenters. The fraction of sp³-hybridized carbons (Fsp3) is 0.375. The molecule has 11 nitrogen and oxygen atoms in total. The molecule has 1 aliphatic rings. The fourth-order valence-electron chi connectivity index (χ4n) is 2.44. The summed E-state index contributed by atoms with van der Waals surface area (Å²) in [4.78, 5) is 48.4. The Hall–Kier alpha value is -3.48. The van der Waals surface area contributed by atoms with Crippen LogP contribution in [0.2, 0.25) is 0 Å². The summed E-state index contributed by atoms with van der Waals surface area (Å²) in [6.07, 6.45) is 0. The van der Waals surface area contributed by atoms with Crippen LogP contribution in [0.5, 0.6) is 5.75 Å². The summed E-state index contributed by atoms with van der Waals surface area (Å²) in [6, 6.07) is 1.12. The number of anilines is 2. The first-order chi connectivity index (χ1) is 13.7. The minimum absolute atomic E-state index is 0.158. The van der Waals surface area contributed by atoms with Crippen molar-refractivity contribution in [2.45, 2.75) is 12.7 Å². The van der Waals surface area contributed by atoms with Gasteiger partial charge in [0.1, 0.15) is 6.61 Å². The molecule has 5 amide bonds. The Morgan fingerprint density at radius 2 is 2.03 bits per heavy atom. The van der Waals surface area contributed by atoms with Gasteiger partial charge in [-0.25, -0.2) is 4.79 Å². The molecule has 0 aliphatic carbocycles. The molecule has 1 aromatic rings. The van der Waals surface area contributed by atoms with Gasteiger partial charge >= 0.3 is 12.6 Å². The lowest BCUT2D eigenvalue weighted by molar-refractivity contribution is -0.128. The highest BCUT2D eigenvalue weighted by Crippen LogP contribution is 2.32. The summed E-state index contributed by atoms with van der Waals surface area (Å²) < 4.78 is 35.1. The van der Waals surface area contributed by atoms with Gasteiger partial charge in [-0.15, -0.1) is 0 Å². The quantitative estimate of drug-likeness (QED) is 0.435. The first-order valence-corrected chi connectivity index (χ1v) is 8.28. The number of hydrogen-bond donors (Lipinski definition) is 4. The number of ether oxygens (including phenoxy) is 2. The van der Waals surface area contributed by atoms with Gasteiger partial charge < -0.3 is 36.1 Å². The van der Waals surface area contributed by atoms with Crippen molar-refractivity contribution in [1.29, 1.82) is 0 Å². The number of benzene rings is 1. The maximum Gasteiger partial charge on any atom is 0.387 e. The maximum absolute atomic E-state index is 12.8. The third kappa shape index (κ3) is 5.75. The van der Waals surface area contributed by atoms with E-state index in [2.05, 4.69) is 15.4 Å². The fourth-order valence-corrected chi connectivity index (χ4v) is 2.44. The van der Waals surface area contributed by atoms with Crippen molar-refractivity contribution in [2.75, 3.05) is 37.0 Å². The Morgan fingerprint density at radius 1 is 1.31 bits per heavy atom. The highest BCUT2D eigenvalue weighted by atomic mass is 19.3. The maximum atomic E-state index is 12.8. The number of urea groups is 1. The van der Waals surface area contributed by atoms with Crippen LogP contribution >= 0.6 is 0 Å². The zero-order valence-corrected chi connectivity index (χ0v) is 15.2. The van der Waals surface area contributed by atoms with E-state index in [9.17, 15) is 28.0 Å². The van der Waals surface area contributed by atoms with E-state index in [0.717, 1.165) is 6.07 Å². The highest BCUT2D eigenvalue weighted by Gasteiger charge is 2.28. The Morgan fingerprint density at radius 3 is 2.62 bits per heavy atom. The number of amides is 5. The van der Waals surface area contributed by atoms with Crippen LogP contribution < -0.4 is 31.3 Å². The van der Waals surface area contributed by atoms with Gasteiger partial charge in [-0.3, -0.25) is 14.4 Å². The van der Waals surface area contributed by atoms with E-state index in [1.54, 1.807) is 0 Å². The number of alkyl halides is 2. The third-order valence-electron chi connectivity index (χ3n) is 3.79. The van der Waals surface area contributed by atoms with Crippen LogP contribution in [0.1, 0.15) is 0 Å². The van der Waals surface area contributed by atoms with Crippen molar-refractivity contribution in [3.8, 4) is 5.75 Å². The van der Waals surface area contributed by atoms with Gasteiger partial charge in [-0.1, -0.05) is 0 Å². The van der Waals surface area contributed by atoms with Crippen LogP contribution in [-0.2, 0) is 19.1 Å². The number of rotatable bonds is 7. The molecule has 1 heterocycles. The van der Waals surface area contributed by atoms with Crippen LogP contribution in [-0.4, -0.2) is 63.2 Å². The average Bonchev–Trinajstić information content (AvgIpc) is 2.66.